The van der Waals surface area contributed by atoms with Crippen molar-refractivity contribution in [2.75, 3.05) is 39.4 Å². The Bertz CT molecular complexity index is 1080. The molecule has 7 nitrogen and oxygen atoms in total. The van der Waals surface area contributed by atoms with Gasteiger partial charge in [0.25, 0.3) is 11.7 Å². The number of likely N-dealkylation sites (tertiary alicyclic amines) is 1. The fourth-order valence-electron chi connectivity index (χ4n) is 4.51. The molecule has 2 fully saturated rings. The van der Waals surface area contributed by atoms with Crippen molar-refractivity contribution in [2.45, 2.75) is 32.4 Å². The van der Waals surface area contributed by atoms with Crippen molar-refractivity contribution in [3.8, 4) is 5.75 Å². The molecular formula is C27H31ClN2O5. The smallest absolute Gasteiger partial charge is 0.295 e. The zero-order valence-corrected chi connectivity index (χ0v) is 20.8. The van der Waals surface area contributed by atoms with Crippen molar-refractivity contribution in [1.29, 1.82) is 0 Å². The van der Waals surface area contributed by atoms with Crippen molar-refractivity contribution >= 4 is 29.1 Å². The summed E-state index contributed by atoms with van der Waals surface area (Å²) in [7, 11) is 0. The van der Waals surface area contributed by atoms with Crippen LogP contribution in [0.2, 0.25) is 5.02 Å². The molecule has 0 aromatic heterocycles. The Hall–Kier alpha value is -2.87. The second-order valence-corrected chi connectivity index (χ2v) is 9.48. The average Bonchev–Trinajstić information content (AvgIpc) is 3.10. The molecule has 8 heteroatoms. The second kappa shape index (κ2) is 11.2. The molecule has 2 aliphatic heterocycles. The number of carbonyl (C=O) groups is 2. The summed E-state index contributed by atoms with van der Waals surface area (Å²) in [6.07, 6.45) is 0.732. The van der Waals surface area contributed by atoms with Crippen LogP contribution in [-0.4, -0.2) is 72.1 Å². The van der Waals surface area contributed by atoms with Crippen LogP contribution in [0.1, 0.15) is 37.4 Å². The molecule has 2 aliphatic rings. The first-order valence-corrected chi connectivity index (χ1v) is 12.3. The SMILES string of the molecule is CC(C)Oc1ccc([C@@H]2C(=C(O)c3ccc(Cl)cc3)C(=O)C(=O)N2CCCN2CCOCC2)cc1. The number of halogens is 1. The fraction of sp³-hybridized carbons (Fsp3) is 0.407. The highest BCUT2D eigenvalue weighted by Crippen LogP contribution is 2.40. The van der Waals surface area contributed by atoms with Gasteiger partial charge in [0.2, 0.25) is 0 Å². The normalized spacial score (nSPS) is 20.6. The van der Waals surface area contributed by atoms with Gasteiger partial charge in [-0.05, 0) is 62.2 Å². The summed E-state index contributed by atoms with van der Waals surface area (Å²) in [6.45, 7) is 8.22. The van der Waals surface area contributed by atoms with Crippen molar-refractivity contribution in [2.24, 2.45) is 0 Å². The first-order valence-electron chi connectivity index (χ1n) is 12.0. The third-order valence-corrected chi connectivity index (χ3v) is 6.45. The fourth-order valence-corrected chi connectivity index (χ4v) is 4.64. The van der Waals surface area contributed by atoms with Gasteiger partial charge in [-0.3, -0.25) is 14.5 Å². The van der Waals surface area contributed by atoms with E-state index in [0.29, 0.717) is 42.5 Å². The van der Waals surface area contributed by atoms with Crippen molar-refractivity contribution in [3.63, 3.8) is 0 Å². The average molecular weight is 499 g/mol. The number of nitrogens with zero attached hydrogens (tertiary/aromatic N) is 2. The number of hydrogen-bond donors (Lipinski definition) is 1. The Morgan fingerprint density at radius 3 is 2.34 bits per heavy atom. The summed E-state index contributed by atoms with van der Waals surface area (Å²) in [5.41, 5.74) is 1.26. The maximum atomic E-state index is 13.2. The van der Waals surface area contributed by atoms with Gasteiger partial charge in [0, 0.05) is 36.8 Å². The summed E-state index contributed by atoms with van der Waals surface area (Å²) in [6, 6.07) is 13.2. The van der Waals surface area contributed by atoms with Crippen LogP contribution in [0.3, 0.4) is 0 Å². The summed E-state index contributed by atoms with van der Waals surface area (Å²) in [5.74, 6) is -0.791. The van der Waals surface area contributed by atoms with Gasteiger partial charge in [-0.25, -0.2) is 0 Å². The number of rotatable bonds is 8. The van der Waals surface area contributed by atoms with Crippen LogP contribution < -0.4 is 4.74 Å². The van der Waals surface area contributed by atoms with Crippen LogP contribution in [0, 0.1) is 0 Å². The standard InChI is InChI=1S/C27H31ClN2O5/c1-18(2)35-22-10-6-19(7-11-22)24-23(25(31)20-4-8-21(28)9-5-20)26(32)27(33)30(24)13-3-12-29-14-16-34-17-15-29/h4-11,18,24,31H,3,12-17H2,1-2H3/t24-/m1/s1. The van der Waals surface area contributed by atoms with Crippen molar-refractivity contribution in [1.82, 2.24) is 9.80 Å². The van der Waals surface area contributed by atoms with Gasteiger partial charge in [0.05, 0.1) is 30.9 Å². The van der Waals surface area contributed by atoms with E-state index in [1.165, 1.54) is 0 Å². The minimum Gasteiger partial charge on any atom is -0.507 e. The molecule has 0 saturated carbocycles. The minimum absolute atomic E-state index is 0.0246. The van der Waals surface area contributed by atoms with Gasteiger partial charge in [-0.15, -0.1) is 0 Å². The number of morpholine rings is 1. The molecule has 186 valence electrons. The Balaban J connectivity index is 1.66. The number of ketones is 1. The third kappa shape index (κ3) is 5.86. The van der Waals surface area contributed by atoms with Gasteiger partial charge >= 0.3 is 0 Å². The lowest BCUT2D eigenvalue weighted by atomic mass is 9.95. The molecule has 0 unspecified atom stereocenters. The van der Waals surface area contributed by atoms with E-state index in [4.69, 9.17) is 21.1 Å². The lowest BCUT2D eigenvalue weighted by molar-refractivity contribution is -0.140. The molecule has 2 heterocycles. The molecule has 0 aliphatic carbocycles. The van der Waals surface area contributed by atoms with Crippen molar-refractivity contribution < 1.29 is 24.2 Å². The van der Waals surface area contributed by atoms with E-state index in [-0.39, 0.29) is 17.4 Å². The van der Waals surface area contributed by atoms with E-state index in [2.05, 4.69) is 4.90 Å². The third-order valence-electron chi connectivity index (χ3n) is 6.20. The maximum Gasteiger partial charge on any atom is 0.295 e. The number of benzene rings is 2. The molecule has 0 spiro atoms. The molecule has 1 amide bonds. The van der Waals surface area contributed by atoms with E-state index < -0.39 is 17.7 Å². The van der Waals surface area contributed by atoms with Gasteiger partial charge < -0.3 is 19.5 Å². The van der Waals surface area contributed by atoms with Crippen molar-refractivity contribution in [3.05, 3.63) is 70.3 Å². The topological polar surface area (TPSA) is 79.3 Å². The Morgan fingerprint density at radius 1 is 1.06 bits per heavy atom. The predicted octanol–water partition coefficient (Wildman–Crippen LogP) is 4.27. The number of Topliss-reactive ketones (excluding diaryl/α,β-unsaturated/α-hetero) is 1. The van der Waals surface area contributed by atoms with Crippen LogP contribution in [-0.2, 0) is 14.3 Å². The maximum absolute atomic E-state index is 13.2. The molecule has 1 atom stereocenters. The number of hydrogen-bond acceptors (Lipinski definition) is 6. The van der Waals surface area contributed by atoms with Crippen LogP contribution in [0.25, 0.3) is 5.76 Å². The minimum atomic E-state index is -0.691. The Kier molecular flexibility index (Phi) is 8.11. The molecule has 4 rings (SSSR count). The number of ether oxygens (including phenoxy) is 2. The van der Waals surface area contributed by atoms with E-state index in [0.717, 1.165) is 25.2 Å². The molecule has 2 aromatic rings. The molecular weight excluding hydrogens is 468 g/mol. The highest BCUT2D eigenvalue weighted by molar-refractivity contribution is 6.46. The van der Waals surface area contributed by atoms with E-state index in [1.54, 1.807) is 29.2 Å². The first-order chi connectivity index (χ1) is 16.8. The number of aliphatic hydroxyl groups excluding tert-OH is 1. The predicted molar refractivity (Wildman–Crippen MR) is 135 cm³/mol. The van der Waals surface area contributed by atoms with Gasteiger partial charge in [-0.2, -0.15) is 0 Å². The molecule has 2 saturated heterocycles. The summed E-state index contributed by atoms with van der Waals surface area (Å²) >= 11 is 6.00. The lowest BCUT2D eigenvalue weighted by Crippen LogP contribution is -2.38. The largest absolute Gasteiger partial charge is 0.507 e. The quantitative estimate of drug-likeness (QED) is 0.332. The lowest BCUT2D eigenvalue weighted by Gasteiger charge is -2.29. The Morgan fingerprint density at radius 2 is 1.71 bits per heavy atom. The van der Waals surface area contributed by atoms with E-state index in [9.17, 15) is 14.7 Å². The molecule has 2 aromatic carbocycles. The van der Waals surface area contributed by atoms with Gasteiger partial charge in [-0.1, -0.05) is 23.7 Å². The zero-order valence-electron chi connectivity index (χ0n) is 20.1. The van der Waals surface area contributed by atoms with Crippen LogP contribution in [0.5, 0.6) is 5.75 Å². The molecule has 1 N–H and O–H groups in total. The number of amides is 1. The zero-order chi connectivity index (χ0) is 24.9. The number of aliphatic hydroxyl groups is 1. The van der Waals surface area contributed by atoms with Crippen LogP contribution in [0.4, 0.5) is 0 Å². The summed E-state index contributed by atoms with van der Waals surface area (Å²) in [5, 5.41) is 11.7. The van der Waals surface area contributed by atoms with E-state index >= 15 is 0 Å². The van der Waals surface area contributed by atoms with Gasteiger partial charge in [0.1, 0.15) is 11.5 Å². The Labute approximate surface area is 210 Å². The highest BCUT2D eigenvalue weighted by Gasteiger charge is 2.45. The monoisotopic (exact) mass is 498 g/mol. The summed E-state index contributed by atoms with van der Waals surface area (Å²) < 4.78 is 11.2. The van der Waals surface area contributed by atoms with E-state index in [1.807, 2.05) is 38.1 Å². The van der Waals surface area contributed by atoms with Crippen LogP contribution >= 0.6 is 11.6 Å². The summed E-state index contributed by atoms with van der Waals surface area (Å²) in [4.78, 5) is 30.2. The van der Waals surface area contributed by atoms with Crippen LogP contribution in [0.15, 0.2) is 54.1 Å². The molecule has 0 bridgehead atoms. The molecule has 35 heavy (non-hydrogen) atoms. The first kappa shape index (κ1) is 25.2. The molecule has 0 radical (unpaired) electrons. The highest BCUT2D eigenvalue weighted by atomic mass is 35.5. The second-order valence-electron chi connectivity index (χ2n) is 9.04. The van der Waals surface area contributed by atoms with Gasteiger partial charge in [0.15, 0.2) is 0 Å². The number of carbonyl (C=O) groups excluding carboxylic acids is 2.